The molecule has 2 heterocycles. The predicted molar refractivity (Wildman–Crippen MR) is 94.1 cm³/mol. The van der Waals surface area contributed by atoms with Gasteiger partial charge in [0.05, 0.1) is 24.5 Å². The fourth-order valence-corrected chi connectivity index (χ4v) is 5.87. The summed E-state index contributed by atoms with van der Waals surface area (Å²) in [5.74, 6) is 0.182. The number of nitrogens with zero attached hydrogens (tertiary/aromatic N) is 2. The van der Waals surface area contributed by atoms with Crippen LogP contribution in [0.1, 0.15) is 57.1 Å². The van der Waals surface area contributed by atoms with Crippen molar-refractivity contribution in [2.75, 3.05) is 18.9 Å². The van der Waals surface area contributed by atoms with Crippen LogP contribution in [0.3, 0.4) is 0 Å². The van der Waals surface area contributed by atoms with Crippen LogP contribution >= 0.6 is 0 Å². The zero-order valence-electron chi connectivity index (χ0n) is 14.4. The highest BCUT2D eigenvalue weighted by atomic mass is 32.2. The van der Waals surface area contributed by atoms with Crippen LogP contribution in [0.2, 0.25) is 0 Å². The van der Waals surface area contributed by atoms with Gasteiger partial charge in [-0.3, -0.25) is 4.98 Å². The first-order valence-corrected chi connectivity index (χ1v) is 10.7. The number of pyridine rings is 1. The van der Waals surface area contributed by atoms with E-state index in [0.29, 0.717) is 19.3 Å². The van der Waals surface area contributed by atoms with Crippen molar-refractivity contribution in [2.24, 2.45) is 5.92 Å². The molecule has 1 aromatic heterocycles. The second-order valence-electron chi connectivity index (χ2n) is 7.18. The van der Waals surface area contributed by atoms with Crippen molar-refractivity contribution in [1.29, 1.82) is 0 Å². The van der Waals surface area contributed by atoms with Gasteiger partial charge in [-0.1, -0.05) is 25.8 Å². The van der Waals surface area contributed by atoms with Crippen molar-refractivity contribution in [3.05, 3.63) is 30.1 Å². The number of rotatable bonds is 7. The molecule has 1 saturated heterocycles. The van der Waals surface area contributed by atoms with E-state index >= 15 is 0 Å². The number of ether oxygens (including phenoxy) is 1. The predicted octanol–water partition coefficient (Wildman–Crippen LogP) is 3.14. The van der Waals surface area contributed by atoms with E-state index in [2.05, 4.69) is 4.98 Å². The van der Waals surface area contributed by atoms with Crippen molar-refractivity contribution < 1.29 is 13.2 Å². The van der Waals surface area contributed by atoms with Crippen LogP contribution < -0.4 is 0 Å². The zero-order chi connectivity index (χ0) is 17.0. The Morgan fingerprint density at radius 2 is 2.08 bits per heavy atom. The lowest BCUT2D eigenvalue weighted by Gasteiger charge is -2.26. The van der Waals surface area contributed by atoms with Gasteiger partial charge in [0.1, 0.15) is 0 Å². The van der Waals surface area contributed by atoms with Crippen molar-refractivity contribution in [2.45, 2.75) is 57.6 Å². The molecule has 0 spiro atoms. The molecule has 1 aliphatic carbocycles. The molecule has 5 nitrogen and oxygen atoms in total. The second-order valence-corrected chi connectivity index (χ2v) is 9.14. The molecule has 0 N–H and O–H groups in total. The van der Waals surface area contributed by atoms with Crippen LogP contribution in [-0.4, -0.2) is 42.7 Å². The van der Waals surface area contributed by atoms with E-state index in [1.54, 1.807) is 16.7 Å². The summed E-state index contributed by atoms with van der Waals surface area (Å²) in [5.41, 5.74) is 0.994. The summed E-state index contributed by atoms with van der Waals surface area (Å²) in [6, 6.07) is 3.78. The van der Waals surface area contributed by atoms with Crippen molar-refractivity contribution in [1.82, 2.24) is 9.29 Å². The Labute approximate surface area is 145 Å². The Morgan fingerprint density at radius 3 is 2.79 bits per heavy atom. The largest absolute Gasteiger partial charge is 0.378 e. The third-order valence-electron chi connectivity index (χ3n) is 5.04. The van der Waals surface area contributed by atoms with Crippen molar-refractivity contribution in [3.8, 4) is 0 Å². The average molecular weight is 353 g/mol. The molecule has 3 rings (SSSR count). The van der Waals surface area contributed by atoms with Crippen LogP contribution in [0.5, 0.6) is 0 Å². The fourth-order valence-electron chi connectivity index (χ4n) is 3.84. The first-order valence-electron chi connectivity index (χ1n) is 9.07. The van der Waals surface area contributed by atoms with Gasteiger partial charge in [-0.15, -0.1) is 0 Å². The highest BCUT2D eigenvalue weighted by molar-refractivity contribution is 7.89. The molecule has 2 unspecified atom stereocenters. The van der Waals surface area contributed by atoms with E-state index in [9.17, 15) is 8.42 Å². The van der Waals surface area contributed by atoms with E-state index in [4.69, 9.17) is 4.74 Å². The maximum absolute atomic E-state index is 12.9. The smallest absolute Gasteiger partial charge is 0.215 e. The Hall–Kier alpha value is -0.980. The molecule has 0 bridgehead atoms. The highest BCUT2D eigenvalue weighted by Gasteiger charge is 2.36. The van der Waals surface area contributed by atoms with Gasteiger partial charge in [-0.2, -0.15) is 4.31 Å². The van der Waals surface area contributed by atoms with E-state index in [1.165, 1.54) is 12.8 Å². The summed E-state index contributed by atoms with van der Waals surface area (Å²) in [6.07, 6.45) is 10.3. The average Bonchev–Trinajstić information content (AvgIpc) is 3.25. The summed E-state index contributed by atoms with van der Waals surface area (Å²) >= 11 is 0. The monoisotopic (exact) mass is 352 g/mol. The summed E-state index contributed by atoms with van der Waals surface area (Å²) in [6.45, 7) is 3.12. The van der Waals surface area contributed by atoms with Gasteiger partial charge in [0, 0.05) is 18.9 Å². The Balaban J connectivity index is 1.59. The molecule has 0 radical (unpaired) electrons. The first-order chi connectivity index (χ1) is 11.6. The minimum atomic E-state index is -3.28. The number of aromatic nitrogens is 1. The molecule has 2 atom stereocenters. The molecule has 134 valence electrons. The minimum absolute atomic E-state index is 0.0192. The summed E-state index contributed by atoms with van der Waals surface area (Å²) in [7, 11) is -3.28. The number of hydrogen-bond acceptors (Lipinski definition) is 4. The molecule has 1 aromatic rings. The second kappa shape index (κ2) is 7.93. The summed E-state index contributed by atoms with van der Waals surface area (Å²) < 4.78 is 33.3. The van der Waals surface area contributed by atoms with E-state index in [-0.39, 0.29) is 17.7 Å². The molecular weight excluding hydrogens is 324 g/mol. The van der Waals surface area contributed by atoms with Gasteiger partial charge in [-0.25, -0.2) is 8.42 Å². The van der Waals surface area contributed by atoms with Crippen LogP contribution in [-0.2, 0) is 14.8 Å². The first kappa shape index (κ1) is 17.8. The SMILES string of the molecule is CC(COC1CCCC1)CS(=O)(=O)N1CCCC1c1cccnc1. The topological polar surface area (TPSA) is 59.5 Å². The van der Waals surface area contributed by atoms with E-state index in [1.807, 2.05) is 19.1 Å². The Kier molecular flexibility index (Phi) is 5.89. The molecule has 1 aliphatic heterocycles. The molecule has 0 amide bonds. The molecule has 24 heavy (non-hydrogen) atoms. The third-order valence-corrected chi connectivity index (χ3v) is 7.19. The maximum atomic E-state index is 12.9. The van der Waals surface area contributed by atoms with Crippen molar-refractivity contribution in [3.63, 3.8) is 0 Å². The van der Waals surface area contributed by atoms with E-state index < -0.39 is 10.0 Å². The molecule has 0 aromatic carbocycles. The normalized spacial score (nSPS) is 24.5. The zero-order valence-corrected chi connectivity index (χ0v) is 15.2. The molecule has 1 saturated carbocycles. The van der Waals surface area contributed by atoms with Gasteiger partial charge in [-0.05, 0) is 43.2 Å². The maximum Gasteiger partial charge on any atom is 0.215 e. The molecule has 2 aliphatic rings. The van der Waals surface area contributed by atoms with Crippen LogP contribution in [0, 0.1) is 5.92 Å². The summed E-state index contributed by atoms with van der Waals surface area (Å²) in [4.78, 5) is 4.14. The summed E-state index contributed by atoms with van der Waals surface area (Å²) in [5, 5.41) is 0. The molecule has 6 heteroatoms. The van der Waals surface area contributed by atoms with Gasteiger partial charge >= 0.3 is 0 Å². The van der Waals surface area contributed by atoms with Crippen LogP contribution in [0.4, 0.5) is 0 Å². The van der Waals surface area contributed by atoms with Gasteiger partial charge in [0.2, 0.25) is 10.0 Å². The third kappa shape index (κ3) is 4.35. The van der Waals surface area contributed by atoms with Crippen LogP contribution in [0.25, 0.3) is 0 Å². The van der Waals surface area contributed by atoms with Gasteiger partial charge in [0.25, 0.3) is 0 Å². The van der Waals surface area contributed by atoms with Gasteiger partial charge < -0.3 is 4.74 Å². The standard InChI is InChI=1S/C18H28N2O3S/c1-15(13-23-17-7-2-3-8-17)14-24(21,22)20-11-5-9-18(20)16-6-4-10-19-12-16/h4,6,10,12,15,17-18H,2-3,5,7-9,11,13-14H2,1H3. The lowest BCUT2D eigenvalue weighted by atomic mass is 10.1. The lowest BCUT2D eigenvalue weighted by Crippen LogP contribution is -2.35. The number of hydrogen-bond donors (Lipinski definition) is 0. The van der Waals surface area contributed by atoms with E-state index in [0.717, 1.165) is 31.2 Å². The Morgan fingerprint density at radius 1 is 1.29 bits per heavy atom. The Bertz CT molecular complexity index is 614. The highest BCUT2D eigenvalue weighted by Crippen LogP contribution is 2.34. The fraction of sp³-hybridized carbons (Fsp3) is 0.722. The number of sulfonamides is 1. The lowest BCUT2D eigenvalue weighted by molar-refractivity contribution is 0.0410. The molecule has 2 fully saturated rings. The minimum Gasteiger partial charge on any atom is -0.378 e. The quantitative estimate of drug-likeness (QED) is 0.756. The van der Waals surface area contributed by atoms with Crippen LogP contribution in [0.15, 0.2) is 24.5 Å². The molecular formula is C18H28N2O3S. The van der Waals surface area contributed by atoms with Gasteiger partial charge in [0.15, 0.2) is 0 Å². The van der Waals surface area contributed by atoms with Crippen molar-refractivity contribution >= 4 is 10.0 Å².